The van der Waals surface area contributed by atoms with Crippen LogP contribution in [0.25, 0.3) is 10.8 Å². The van der Waals surface area contributed by atoms with Crippen LogP contribution in [0.2, 0.25) is 0 Å². The Hall–Kier alpha value is -2.57. The smallest absolute Gasteiger partial charge is 0.265 e. The number of nitrogens with zero attached hydrogens (tertiary/aromatic N) is 1. The second-order valence-electron chi connectivity index (χ2n) is 6.47. The van der Waals surface area contributed by atoms with E-state index in [1.807, 2.05) is 38.1 Å². The minimum atomic E-state index is -3.90. The number of ether oxygens (including phenoxy) is 1. The van der Waals surface area contributed by atoms with E-state index >= 15 is 0 Å². The standard InChI is InChI=1S/C22H25NO4S/c1-3-18(24)16-23(17-10-6-5-7-11-17)28(25,26)22-15-14-21(27-4-2)19-12-8-9-13-20(19)22/h5-15,18,24H,3-4,16H2,1-2H3. The van der Waals surface area contributed by atoms with Crippen molar-refractivity contribution in [1.82, 2.24) is 0 Å². The maximum Gasteiger partial charge on any atom is 0.265 e. The third-order valence-electron chi connectivity index (χ3n) is 4.60. The maximum absolute atomic E-state index is 13.6. The van der Waals surface area contributed by atoms with Crippen molar-refractivity contribution in [3.63, 3.8) is 0 Å². The summed E-state index contributed by atoms with van der Waals surface area (Å²) in [6.45, 7) is 4.20. The molecule has 28 heavy (non-hydrogen) atoms. The molecule has 3 aromatic carbocycles. The molecule has 0 fully saturated rings. The van der Waals surface area contributed by atoms with Crippen molar-refractivity contribution in [2.75, 3.05) is 17.5 Å². The van der Waals surface area contributed by atoms with Gasteiger partial charge in [0, 0.05) is 10.8 Å². The zero-order valence-corrected chi connectivity index (χ0v) is 16.9. The van der Waals surface area contributed by atoms with Gasteiger partial charge in [0.1, 0.15) is 5.75 Å². The second-order valence-corrected chi connectivity index (χ2v) is 8.30. The van der Waals surface area contributed by atoms with Crippen LogP contribution in [-0.2, 0) is 10.0 Å². The zero-order valence-electron chi connectivity index (χ0n) is 16.1. The van der Waals surface area contributed by atoms with E-state index in [1.165, 1.54) is 4.31 Å². The molecule has 3 aromatic rings. The molecule has 0 bridgehead atoms. The Kier molecular flexibility index (Phi) is 6.21. The van der Waals surface area contributed by atoms with Crippen LogP contribution < -0.4 is 9.04 Å². The van der Waals surface area contributed by atoms with E-state index in [4.69, 9.17) is 4.74 Å². The molecule has 0 aliphatic rings. The fourth-order valence-electron chi connectivity index (χ4n) is 3.13. The van der Waals surface area contributed by atoms with Crippen molar-refractivity contribution in [3.8, 4) is 5.75 Å². The fourth-order valence-corrected chi connectivity index (χ4v) is 4.83. The van der Waals surface area contributed by atoms with Gasteiger partial charge in [0.25, 0.3) is 10.0 Å². The number of para-hydroxylation sites is 1. The Morgan fingerprint density at radius 3 is 2.21 bits per heavy atom. The van der Waals surface area contributed by atoms with Crippen LogP contribution in [0.5, 0.6) is 5.75 Å². The lowest BCUT2D eigenvalue weighted by Crippen LogP contribution is -2.37. The van der Waals surface area contributed by atoms with E-state index in [0.29, 0.717) is 29.9 Å². The SMILES string of the molecule is CCOc1ccc(S(=O)(=O)N(CC(O)CC)c2ccccc2)c2ccccc12. The van der Waals surface area contributed by atoms with Gasteiger partial charge in [0.15, 0.2) is 0 Å². The van der Waals surface area contributed by atoms with Gasteiger partial charge in [-0.05, 0) is 37.6 Å². The lowest BCUT2D eigenvalue weighted by Gasteiger charge is -2.27. The summed E-state index contributed by atoms with van der Waals surface area (Å²) in [5.41, 5.74) is 0.521. The molecule has 1 unspecified atom stereocenters. The zero-order chi connectivity index (χ0) is 20.1. The van der Waals surface area contributed by atoms with Crippen LogP contribution in [0.3, 0.4) is 0 Å². The van der Waals surface area contributed by atoms with E-state index < -0.39 is 16.1 Å². The van der Waals surface area contributed by atoms with E-state index in [1.54, 1.807) is 42.5 Å². The molecule has 0 saturated heterocycles. The molecule has 0 amide bonds. The Labute approximate surface area is 166 Å². The first kappa shape index (κ1) is 20.2. The van der Waals surface area contributed by atoms with Gasteiger partial charge in [-0.2, -0.15) is 0 Å². The Morgan fingerprint density at radius 1 is 0.929 bits per heavy atom. The molecule has 1 N–H and O–H groups in total. The van der Waals surface area contributed by atoms with Crippen LogP contribution in [0, 0.1) is 0 Å². The Bertz CT molecular complexity index is 1030. The first-order valence-corrected chi connectivity index (χ1v) is 10.8. The van der Waals surface area contributed by atoms with Gasteiger partial charge >= 0.3 is 0 Å². The summed E-state index contributed by atoms with van der Waals surface area (Å²) in [6.07, 6.45) is -0.299. The molecule has 148 valence electrons. The summed E-state index contributed by atoms with van der Waals surface area (Å²) in [6, 6.07) is 19.4. The number of rotatable bonds is 8. The maximum atomic E-state index is 13.6. The first-order chi connectivity index (χ1) is 13.5. The molecular weight excluding hydrogens is 374 g/mol. The average Bonchev–Trinajstić information content (AvgIpc) is 2.72. The van der Waals surface area contributed by atoms with Crippen molar-refractivity contribution in [3.05, 3.63) is 66.7 Å². The highest BCUT2D eigenvalue weighted by Crippen LogP contribution is 2.34. The molecule has 5 nitrogen and oxygen atoms in total. The van der Waals surface area contributed by atoms with Crippen molar-refractivity contribution in [2.45, 2.75) is 31.3 Å². The Balaban J connectivity index is 2.18. The summed E-state index contributed by atoms with van der Waals surface area (Å²) >= 11 is 0. The highest BCUT2D eigenvalue weighted by Gasteiger charge is 2.28. The number of sulfonamides is 1. The lowest BCUT2D eigenvalue weighted by molar-refractivity contribution is 0.179. The predicted molar refractivity (Wildman–Crippen MR) is 112 cm³/mol. The molecule has 0 aromatic heterocycles. The van der Waals surface area contributed by atoms with Crippen molar-refractivity contribution in [1.29, 1.82) is 0 Å². The largest absolute Gasteiger partial charge is 0.493 e. The molecule has 0 spiro atoms. The summed E-state index contributed by atoms with van der Waals surface area (Å²) in [4.78, 5) is 0.193. The number of aliphatic hydroxyl groups is 1. The fraction of sp³-hybridized carbons (Fsp3) is 0.273. The van der Waals surface area contributed by atoms with Crippen molar-refractivity contribution in [2.24, 2.45) is 0 Å². The molecule has 0 aliphatic heterocycles. The van der Waals surface area contributed by atoms with Crippen LogP contribution in [0.15, 0.2) is 71.6 Å². The lowest BCUT2D eigenvalue weighted by atomic mass is 10.1. The van der Waals surface area contributed by atoms with Gasteiger partial charge in [-0.15, -0.1) is 0 Å². The first-order valence-electron chi connectivity index (χ1n) is 9.39. The highest BCUT2D eigenvalue weighted by atomic mass is 32.2. The number of hydrogen-bond donors (Lipinski definition) is 1. The molecule has 0 heterocycles. The van der Waals surface area contributed by atoms with E-state index in [9.17, 15) is 13.5 Å². The molecule has 0 saturated carbocycles. The summed E-state index contributed by atoms with van der Waals surface area (Å²) in [5, 5.41) is 11.5. The van der Waals surface area contributed by atoms with E-state index in [2.05, 4.69) is 0 Å². The normalized spacial score (nSPS) is 12.7. The number of hydrogen-bond acceptors (Lipinski definition) is 4. The third-order valence-corrected chi connectivity index (χ3v) is 6.46. The minimum absolute atomic E-state index is 0.00954. The van der Waals surface area contributed by atoms with Gasteiger partial charge in [-0.25, -0.2) is 8.42 Å². The van der Waals surface area contributed by atoms with Crippen LogP contribution in [0.4, 0.5) is 5.69 Å². The van der Waals surface area contributed by atoms with Gasteiger partial charge < -0.3 is 9.84 Å². The summed E-state index contributed by atoms with van der Waals surface area (Å²) < 4.78 is 34.2. The molecular formula is C22H25NO4S. The molecule has 3 rings (SSSR count). The van der Waals surface area contributed by atoms with Gasteiger partial charge in [0.2, 0.25) is 0 Å². The van der Waals surface area contributed by atoms with Crippen LogP contribution in [0.1, 0.15) is 20.3 Å². The summed E-state index contributed by atoms with van der Waals surface area (Å²) in [7, 11) is -3.90. The average molecular weight is 400 g/mol. The van der Waals surface area contributed by atoms with E-state index in [0.717, 1.165) is 5.39 Å². The molecule has 1 atom stereocenters. The topological polar surface area (TPSA) is 66.8 Å². The summed E-state index contributed by atoms with van der Waals surface area (Å²) in [5.74, 6) is 0.650. The van der Waals surface area contributed by atoms with Crippen LogP contribution in [-0.4, -0.2) is 32.8 Å². The second kappa shape index (κ2) is 8.63. The van der Waals surface area contributed by atoms with Crippen molar-refractivity contribution >= 4 is 26.5 Å². The predicted octanol–water partition coefficient (Wildman–Crippen LogP) is 4.20. The van der Waals surface area contributed by atoms with Crippen molar-refractivity contribution < 1.29 is 18.3 Å². The number of benzene rings is 3. The van der Waals surface area contributed by atoms with E-state index in [-0.39, 0.29) is 11.4 Å². The molecule has 0 radical (unpaired) electrons. The molecule has 6 heteroatoms. The highest BCUT2D eigenvalue weighted by molar-refractivity contribution is 7.93. The molecule has 0 aliphatic carbocycles. The van der Waals surface area contributed by atoms with Gasteiger partial charge in [-0.3, -0.25) is 4.31 Å². The Morgan fingerprint density at radius 2 is 1.57 bits per heavy atom. The third kappa shape index (κ3) is 3.98. The van der Waals surface area contributed by atoms with Gasteiger partial charge in [0.05, 0.1) is 29.8 Å². The van der Waals surface area contributed by atoms with Gasteiger partial charge in [-0.1, -0.05) is 49.4 Å². The monoisotopic (exact) mass is 399 g/mol. The minimum Gasteiger partial charge on any atom is -0.493 e. The number of aliphatic hydroxyl groups excluding tert-OH is 1. The number of fused-ring (bicyclic) bond motifs is 1. The quantitative estimate of drug-likeness (QED) is 0.616. The number of anilines is 1. The van der Waals surface area contributed by atoms with Crippen LogP contribution >= 0.6 is 0 Å².